The van der Waals surface area contributed by atoms with E-state index in [0.717, 1.165) is 10.8 Å². The molecule has 0 bridgehead atoms. The fourth-order valence-electron chi connectivity index (χ4n) is 1.29. The molecule has 0 aliphatic rings. The van der Waals surface area contributed by atoms with E-state index in [1.54, 1.807) is 11.3 Å². The molecule has 0 radical (unpaired) electrons. The molecule has 0 aromatic carbocycles. The van der Waals surface area contributed by atoms with E-state index < -0.39 is 0 Å². The van der Waals surface area contributed by atoms with Crippen LogP contribution in [0, 0.1) is 11.3 Å². The third-order valence-corrected chi connectivity index (χ3v) is 4.19. The number of rotatable bonds is 4. The van der Waals surface area contributed by atoms with Crippen LogP contribution in [0.15, 0.2) is 12.1 Å². The summed E-state index contributed by atoms with van der Waals surface area (Å²) in [5.41, 5.74) is -0.0335. The summed E-state index contributed by atoms with van der Waals surface area (Å²) < 4.78 is 0.823. The lowest BCUT2D eigenvalue weighted by Gasteiger charge is -2.31. The molecule has 1 atom stereocenters. The molecule has 0 amide bonds. The van der Waals surface area contributed by atoms with E-state index in [9.17, 15) is 5.11 Å². The van der Waals surface area contributed by atoms with Crippen LogP contribution in [0.1, 0.15) is 25.6 Å². The quantitative estimate of drug-likeness (QED) is 0.841. The first-order chi connectivity index (χ1) is 6.48. The van der Waals surface area contributed by atoms with E-state index in [1.807, 2.05) is 12.1 Å². The van der Waals surface area contributed by atoms with Crippen LogP contribution in [-0.4, -0.2) is 11.7 Å². The van der Waals surface area contributed by atoms with Gasteiger partial charge in [-0.15, -0.1) is 11.3 Å². The molecule has 0 saturated heterocycles. The molecule has 1 nitrogen and oxygen atoms in total. The van der Waals surface area contributed by atoms with Crippen LogP contribution < -0.4 is 0 Å². The first kappa shape index (κ1) is 12.0. The van der Waals surface area contributed by atoms with Gasteiger partial charge >= 0.3 is 0 Å². The normalized spacial score (nSPS) is 15.9. The summed E-state index contributed by atoms with van der Waals surface area (Å²) in [5, 5.41) is 9.40. The van der Waals surface area contributed by atoms with Gasteiger partial charge in [0.1, 0.15) is 0 Å². The van der Waals surface area contributed by atoms with Crippen LogP contribution in [0.2, 0.25) is 4.34 Å². The Hall–Kier alpha value is -0.0500. The molecule has 0 aliphatic heterocycles. The molecule has 0 spiro atoms. The van der Waals surface area contributed by atoms with Gasteiger partial charge in [-0.25, -0.2) is 0 Å². The van der Waals surface area contributed by atoms with Gasteiger partial charge in [0.25, 0.3) is 0 Å². The summed E-state index contributed by atoms with van der Waals surface area (Å²) in [6, 6.07) is 3.96. The molecule has 1 aromatic heterocycles. The molecule has 1 rings (SSSR count). The molecule has 0 saturated carbocycles. The fraction of sp³-hybridized carbons (Fsp3) is 0.636. The van der Waals surface area contributed by atoms with E-state index in [-0.39, 0.29) is 12.0 Å². The van der Waals surface area contributed by atoms with Crippen molar-refractivity contribution < 1.29 is 5.11 Å². The molecule has 1 N–H and O–H groups in total. The number of hydrogen-bond acceptors (Lipinski definition) is 2. The molecule has 1 heterocycles. The van der Waals surface area contributed by atoms with Crippen molar-refractivity contribution in [1.82, 2.24) is 0 Å². The Morgan fingerprint density at radius 2 is 2.14 bits per heavy atom. The fourth-order valence-corrected chi connectivity index (χ4v) is 2.57. The van der Waals surface area contributed by atoms with Crippen molar-refractivity contribution in [2.45, 2.75) is 27.2 Å². The summed E-state index contributed by atoms with van der Waals surface area (Å²) in [5.74, 6) is 0.466. The monoisotopic (exact) mass is 232 g/mol. The van der Waals surface area contributed by atoms with Crippen LogP contribution in [0.3, 0.4) is 0 Å². The second-order valence-corrected chi connectivity index (χ2v) is 6.15. The van der Waals surface area contributed by atoms with E-state index in [2.05, 4.69) is 20.8 Å². The van der Waals surface area contributed by atoms with Crippen LogP contribution in [-0.2, 0) is 6.42 Å². The second kappa shape index (κ2) is 4.65. The Kier molecular flexibility index (Phi) is 3.99. The van der Waals surface area contributed by atoms with Gasteiger partial charge in [-0.05, 0) is 29.9 Å². The molecule has 80 valence electrons. The van der Waals surface area contributed by atoms with Gasteiger partial charge in [0.05, 0.1) is 4.34 Å². The number of aliphatic hydroxyl groups excluding tert-OH is 1. The predicted molar refractivity (Wildman–Crippen MR) is 63.1 cm³/mol. The Morgan fingerprint density at radius 1 is 1.50 bits per heavy atom. The molecule has 1 unspecified atom stereocenters. The predicted octanol–water partition coefficient (Wildman–Crippen LogP) is 3.60. The SMILES string of the molecule is CC(C)C(C)(CO)Cc1ccc(Cl)s1. The average molecular weight is 233 g/mol. The van der Waals surface area contributed by atoms with Crippen LogP contribution in [0.25, 0.3) is 0 Å². The number of aliphatic hydroxyl groups is 1. The lowest BCUT2D eigenvalue weighted by atomic mass is 9.77. The van der Waals surface area contributed by atoms with E-state index in [1.165, 1.54) is 4.88 Å². The highest BCUT2D eigenvalue weighted by Crippen LogP contribution is 2.34. The maximum Gasteiger partial charge on any atom is 0.0931 e. The summed E-state index contributed by atoms with van der Waals surface area (Å²) in [6.45, 7) is 6.63. The Morgan fingerprint density at radius 3 is 2.50 bits per heavy atom. The summed E-state index contributed by atoms with van der Waals surface area (Å²) in [7, 11) is 0. The van der Waals surface area contributed by atoms with Gasteiger partial charge < -0.3 is 5.11 Å². The summed E-state index contributed by atoms with van der Waals surface area (Å²) in [6.07, 6.45) is 0.901. The van der Waals surface area contributed by atoms with Gasteiger partial charge in [0.2, 0.25) is 0 Å². The van der Waals surface area contributed by atoms with Crippen LogP contribution >= 0.6 is 22.9 Å². The minimum absolute atomic E-state index is 0.0335. The van der Waals surface area contributed by atoms with E-state index >= 15 is 0 Å². The Bertz CT molecular complexity index is 295. The molecule has 1 aromatic rings. The lowest BCUT2D eigenvalue weighted by Crippen LogP contribution is -2.30. The van der Waals surface area contributed by atoms with Crippen molar-refractivity contribution in [3.8, 4) is 0 Å². The van der Waals surface area contributed by atoms with Crippen molar-refractivity contribution in [3.63, 3.8) is 0 Å². The molecule has 14 heavy (non-hydrogen) atoms. The minimum atomic E-state index is -0.0335. The largest absolute Gasteiger partial charge is 0.396 e. The minimum Gasteiger partial charge on any atom is -0.396 e. The lowest BCUT2D eigenvalue weighted by molar-refractivity contribution is 0.0956. The molecule has 0 aliphatic carbocycles. The number of halogens is 1. The zero-order valence-corrected chi connectivity index (χ0v) is 10.5. The van der Waals surface area contributed by atoms with Gasteiger partial charge in [0.15, 0.2) is 0 Å². The van der Waals surface area contributed by atoms with Gasteiger partial charge in [-0.3, -0.25) is 0 Å². The smallest absolute Gasteiger partial charge is 0.0931 e. The number of hydrogen-bond donors (Lipinski definition) is 1. The first-order valence-electron chi connectivity index (χ1n) is 4.83. The van der Waals surface area contributed by atoms with Crippen molar-refractivity contribution in [2.24, 2.45) is 11.3 Å². The third kappa shape index (κ3) is 2.72. The summed E-state index contributed by atoms with van der Waals surface area (Å²) >= 11 is 7.47. The van der Waals surface area contributed by atoms with E-state index in [0.29, 0.717) is 5.92 Å². The highest BCUT2D eigenvalue weighted by molar-refractivity contribution is 7.16. The van der Waals surface area contributed by atoms with E-state index in [4.69, 9.17) is 11.6 Å². The highest BCUT2D eigenvalue weighted by Gasteiger charge is 2.28. The Labute approximate surface area is 94.7 Å². The molecule has 3 heteroatoms. The van der Waals surface area contributed by atoms with Crippen LogP contribution in [0.5, 0.6) is 0 Å². The maximum absolute atomic E-state index is 9.40. The second-order valence-electron chi connectivity index (χ2n) is 4.35. The van der Waals surface area contributed by atoms with Crippen molar-refractivity contribution in [3.05, 3.63) is 21.3 Å². The van der Waals surface area contributed by atoms with Gasteiger partial charge in [0, 0.05) is 11.5 Å². The average Bonchev–Trinajstić information content (AvgIpc) is 2.50. The van der Waals surface area contributed by atoms with Crippen molar-refractivity contribution in [2.75, 3.05) is 6.61 Å². The molecular formula is C11H17ClOS. The molecule has 0 fully saturated rings. The van der Waals surface area contributed by atoms with Crippen molar-refractivity contribution >= 4 is 22.9 Å². The van der Waals surface area contributed by atoms with Crippen LogP contribution in [0.4, 0.5) is 0 Å². The van der Waals surface area contributed by atoms with Crippen molar-refractivity contribution in [1.29, 1.82) is 0 Å². The summed E-state index contributed by atoms with van der Waals surface area (Å²) in [4.78, 5) is 1.25. The highest BCUT2D eigenvalue weighted by atomic mass is 35.5. The van der Waals surface area contributed by atoms with Gasteiger partial charge in [-0.2, -0.15) is 0 Å². The first-order valence-corrected chi connectivity index (χ1v) is 6.02. The molecular weight excluding hydrogens is 216 g/mol. The third-order valence-electron chi connectivity index (χ3n) is 2.96. The number of thiophene rings is 1. The zero-order valence-electron chi connectivity index (χ0n) is 8.88. The Balaban J connectivity index is 2.75. The topological polar surface area (TPSA) is 20.2 Å². The van der Waals surface area contributed by atoms with Gasteiger partial charge in [-0.1, -0.05) is 32.4 Å². The zero-order chi connectivity index (χ0) is 10.8. The maximum atomic E-state index is 9.40. The standard InChI is InChI=1S/C11H17ClOS/c1-8(2)11(3,7-13)6-9-4-5-10(12)14-9/h4-5,8,13H,6-7H2,1-3H3.